The highest BCUT2D eigenvalue weighted by molar-refractivity contribution is 6.31. The fourth-order valence-electron chi connectivity index (χ4n) is 2.11. The molecule has 7 heteroatoms. The molecule has 0 saturated heterocycles. The summed E-state index contributed by atoms with van der Waals surface area (Å²) in [6.07, 6.45) is 0. The van der Waals surface area contributed by atoms with E-state index in [9.17, 15) is 0 Å². The van der Waals surface area contributed by atoms with Gasteiger partial charge in [-0.05, 0) is 11.6 Å². The van der Waals surface area contributed by atoms with Crippen molar-refractivity contribution in [3.63, 3.8) is 0 Å². The van der Waals surface area contributed by atoms with Gasteiger partial charge in [0.1, 0.15) is 5.82 Å². The lowest BCUT2D eigenvalue weighted by molar-refractivity contribution is 0.546. The molecule has 0 fully saturated rings. The molecule has 2 N–H and O–H groups in total. The number of fused-ring (bicyclic) bond motifs is 1. The lowest BCUT2D eigenvalue weighted by Gasteiger charge is -2.16. The molecule has 1 aromatic carbocycles. The van der Waals surface area contributed by atoms with Crippen LogP contribution in [-0.4, -0.2) is 25.0 Å². The summed E-state index contributed by atoms with van der Waals surface area (Å²) in [5.41, 5.74) is 7.88. The molecule has 0 spiro atoms. The standard InChI is InChI=1S/C15H17ClN6/c1-15(2,3)14-18-12(17)11-13(19-14)22(21-20-11)8-9-6-4-5-7-10(9)16/h4-7H,8H2,1-3H3,(H2,17,18,19). The van der Waals surface area contributed by atoms with Crippen molar-refractivity contribution in [1.29, 1.82) is 0 Å². The molecule has 0 aliphatic carbocycles. The summed E-state index contributed by atoms with van der Waals surface area (Å²) in [6, 6.07) is 7.62. The Labute approximate surface area is 133 Å². The van der Waals surface area contributed by atoms with Gasteiger partial charge >= 0.3 is 0 Å². The van der Waals surface area contributed by atoms with Crippen LogP contribution in [0.5, 0.6) is 0 Å². The van der Waals surface area contributed by atoms with Gasteiger partial charge in [-0.25, -0.2) is 14.6 Å². The molecule has 3 aromatic rings. The predicted molar refractivity (Wildman–Crippen MR) is 86.8 cm³/mol. The quantitative estimate of drug-likeness (QED) is 0.786. The number of rotatable bonds is 2. The fraction of sp³-hybridized carbons (Fsp3) is 0.333. The maximum Gasteiger partial charge on any atom is 0.184 e. The Balaban J connectivity index is 2.11. The molecule has 0 aliphatic heterocycles. The number of nitrogens with zero attached hydrogens (tertiary/aromatic N) is 5. The largest absolute Gasteiger partial charge is 0.382 e. The third kappa shape index (κ3) is 2.62. The van der Waals surface area contributed by atoms with Crippen molar-refractivity contribution in [2.45, 2.75) is 32.7 Å². The second-order valence-corrected chi connectivity index (χ2v) is 6.60. The number of anilines is 1. The van der Waals surface area contributed by atoms with Crippen LogP contribution in [0.25, 0.3) is 11.2 Å². The number of benzene rings is 1. The van der Waals surface area contributed by atoms with Gasteiger partial charge in [0, 0.05) is 10.4 Å². The van der Waals surface area contributed by atoms with Crippen molar-refractivity contribution in [3.05, 3.63) is 40.7 Å². The van der Waals surface area contributed by atoms with Gasteiger partial charge < -0.3 is 5.73 Å². The van der Waals surface area contributed by atoms with E-state index in [1.54, 1.807) is 4.68 Å². The Morgan fingerprint density at radius 2 is 1.91 bits per heavy atom. The van der Waals surface area contributed by atoms with Crippen LogP contribution >= 0.6 is 11.6 Å². The molecule has 2 heterocycles. The molecule has 22 heavy (non-hydrogen) atoms. The van der Waals surface area contributed by atoms with Crippen LogP contribution in [0.15, 0.2) is 24.3 Å². The molecule has 0 bridgehead atoms. The number of hydrogen-bond acceptors (Lipinski definition) is 5. The Hall–Kier alpha value is -2.21. The lowest BCUT2D eigenvalue weighted by Crippen LogP contribution is -2.18. The van der Waals surface area contributed by atoms with Gasteiger partial charge in [0.2, 0.25) is 0 Å². The molecule has 6 nitrogen and oxygen atoms in total. The average Bonchev–Trinajstić information content (AvgIpc) is 2.84. The fourth-order valence-corrected chi connectivity index (χ4v) is 2.30. The van der Waals surface area contributed by atoms with Crippen LogP contribution in [0.3, 0.4) is 0 Å². The zero-order valence-corrected chi connectivity index (χ0v) is 13.5. The Morgan fingerprint density at radius 3 is 2.59 bits per heavy atom. The van der Waals surface area contributed by atoms with Crippen LogP contribution < -0.4 is 5.73 Å². The summed E-state index contributed by atoms with van der Waals surface area (Å²) in [5.74, 6) is 1.01. The third-order valence-electron chi connectivity index (χ3n) is 3.34. The van der Waals surface area contributed by atoms with Crippen LogP contribution in [0, 0.1) is 0 Å². The summed E-state index contributed by atoms with van der Waals surface area (Å²) in [6.45, 7) is 6.59. The zero-order chi connectivity index (χ0) is 15.9. The molecular weight excluding hydrogens is 300 g/mol. The molecular formula is C15H17ClN6. The average molecular weight is 317 g/mol. The van der Waals surface area contributed by atoms with Crippen molar-refractivity contribution in [1.82, 2.24) is 25.0 Å². The van der Waals surface area contributed by atoms with E-state index in [0.29, 0.717) is 34.4 Å². The zero-order valence-electron chi connectivity index (χ0n) is 12.7. The number of hydrogen-bond donors (Lipinski definition) is 1. The van der Waals surface area contributed by atoms with Gasteiger partial charge in [-0.2, -0.15) is 0 Å². The van der Waals surface area contributed by atoms with E-state index >= 15 is 0 Å². The van der Waals surface area contributed by atoms with Gasteiger partial charge in [-0.1, -0.05) is 55.8 Å². The second kappa shape index (κ2) is 5.21. The van der Waals surface area contributed by atoms with E-state index < -0.39 is 0 Å². The Kier molecular flexibility index (Phi) is 3.48. The molecule has 114 valence electrons. The molecule has 3 rings (SSSR count). The van der Waals surface area contributed by atoms with Gasteiger partial charge in [0.15, 0.2) is 17.0 Å². The minimum atomic E-state index is -0.207. The minimum Gasteiger partial charge on any atom is -0.382 e. The highest BCUT2D eigenvalue weighted by atomic mass is 35.5. The van der Waals surface area contributed by atoms with E-state index in [1.807, 2.05) is 45.0 Å². The van der Waals surface area contributed by atoms with Crippen molar-refractivity contribution in [3.8, 4) is 0 Å². The molecule has 0 radical (unpaired) electrons. The Bertz CT molecular complexity index is 834. The number of nitrogen functional groups attached to an aromatic ring is 1. The minimum absolute atomic E-state index is 0.207. The predicted octanol–water partition coefficient (Wildman–Crippen LogP) is 2.80. The lowest BCUT2D eigenvalue weighted by atomic mass is 9.96. The van der Waals surface area contributed by atoms with Gasteiger partial charge in [0.05, 0.1) is 6.54 Å². The summed E-state index contributed by atoms with van der Waals surface area (Å²) in [5, 5.41) is 8.91. The first-order chi connectivity index (χ1) is 10.4. The number of halogens is 1. The maximum absolute atomic E-state index is 6.21. The third-order valence-corrected chi connectivity index (χ3v) is 3.71. The van der Waals surface area contributed by atoms with Crippen molar-refractivity contribution in [2.24, 2.45) is 0 Å². The monoisotopic (exact) mass is 316 g/mol. The molecule has 0 amide bonds. The van der Waals surface area contributed by atoms with E-state index in [-0.39, 0.29) is 5.41 Å². The molecule has 0 unspecified atom stereocenters. The Morgan fingerprint density at radius 1 is 1.18 bits per heavy atom. The van der Waals surface area contributed by atoms with Crippen LogP contribution in [0.2, 0.25) is 5.02 Å². The maximum atomic E-state index is 6.21. The first-order valence-corrected chi connectivity index (χ1v) is 7.34. The van der Waals surface area contributed by atoms with E-state index in [0.717, 1.165) is 5.56 Å². The summed E-state index contributed by atoms with van der Waals surface area (Å²) in [4.78, 5) is 8.93. The molecule has 0 saturated carbocycles. The highest BCUT2D eigenvalue weighted by Gasteiger charge is 2.21. The smallest absolute Gasteiger partial charge is 0.184 e. The van der Waals surface area contributed by atoms with Crippen LogP contribution in [0.4, 0.5) is 5.82 Å². The van der Waals surface area contributed by atoms with Crippen LogP contribution in [-0.2, 0) is 12.0 Å². The summed E-state index contributed by atoms with van der Waals surface area (Å²) < 4.78 is 1.70. The van der Waals surface area contributed by atoms with Crippen molar-refractivity contribution >= 4 is 28.6 Å². The van der Waals surface area contributed by atoms with Gasteiger partial charge in [-0.3, -0.25) is 0 Å². The molecule has 2 aromatic heterocycles. The van der Waals surface area contributed by atoms with Crippen molar-refractivity contribution in [2.75, 3.05) is 5.73 Å². The SMILES string of the molecule is CC(C)(C)c1nc(N)c2nnn(Cc3ccccc3Cl)c2n1. The number of aromatic nitrogens is 5. The molecule has 0 aliphatic rings. The summed E-state index contributed by atoms with van der Waals surface area (Å²) >= 11 is 6.21. The number of nitrogens with two attached hydrogens (primary N) is 1. The highest BCUT2D eigenvalue weighted by Crippen LogP contribution is 2.24. The van der Waals surface area contributed by atoms with Crippen molar-refractivity contribution < 1.29 is 0 Å². The van der Waals surface area contributed by atoms with E-state index in [2.05, 4.69) is 20.3 Å². The van der Waals surface area contributed by atoms with E-state index in [4.69, 9.17) is 17.3 Å². The normalized spacial score (nSPS) is 12.0. The summed E-state index contributed by atoms with van der Waals surface area (Å²) in [7, 11) is 0. The van der Waals surface area contributed by atoms with Gasteiger partial charge in [0.25, 0.3) is 0 Å². The van der Waals surface area contributed by atoms with E-state index in [1.165, 1.54) is 0 Å². The first kappa shape index (κ1) is 14.7. The van der Waals surface area contributed by atoms with Gasteiger partial charge in [-0.15, -0.1) is 5.10 Å². The first-order valence-electron chi connectivity index (χ1n) is 6.97. The second-order valence-electron chi connectivity index (χ2n) is 6.19. The van der Waals surface area contributed by atoms with Crippen LogP contribution in [0.1, 0.15) is 32.2 Å². The molecule has 0 atom stereocenters. The topological polar surface area (TPSA) is 82.5 Å².